The molecule has 1 aliphatic heterocycles. The van der Waals surface area contributed by atoms with Gasteiger partial charge in [0.15, 0.2) is 19.7 Å². The van der Waals surface area contributed by atoms with Crippen LogP contribution in [0.5, 0.6) is 0 Å². The molecule has 0 amide bonds. The number of rotatable bonds is 3. The molecule has 3 nitrogen and oxygen atoms in total. The van der Waals surface area contributed by atoms with Crippen LogP contribution in [0.15, 0.2) is 0 Å². The fourth-order valence-electron chi connectivity index (χ4n) is 2.13. The molecule has 2 fully saturated rings. The van der Waals surface area contributed by atoms with Gasteiger partial charge in [0.1, 0.15) is 0 Å². The smallest absolute Gasteiger partial charge is 0.192 e. The minimum Gasteiger partial charge on any atom is -0.413 e. The van der Waals surface area contributed by atoms with Crippen molar-refractivity contribution in [2.24, 2.45) is 0 Å². The number of epoxide rings is 1. The van der Waals surface area contributed by atoms with E-state index in [1.807, 2.05) is 0 Å². The van der Waals surface area contributed by atoms with E-state index in [4.69, 9.17) is 9.16 Å². The standard InChI is InChI=1S/C13H24O3Si/c1-12(2,3)17(4,5)15-9-13-10(14)7-6-8-11(13)16-13/h11H,6-9H2,1-5H3/t11-,13+/m0/s1. The average molecular weight is 256 g/mol. The number of carbonyl (C=O) groups excluding carboxylic acids is 1. The number of ketones is 1. The van der Waals surface area contributed by atoms with Gasteiger partial charge in [-0.3, -0.25) is 4.79 Å². The van der Waals surface area contributed by atoms with Crippen molar-refractivity contribution < 1.29 is 14.0 Å². The van der Waals surface area contributed by atoms with E-state index in [-0.39, 0.29) is 16.9 Å². The molecule has 2 rings (SSSR count). The first kappa shape index (κ1) is 13.2. The van der Waals surface area contributed by atoms with Gasteiger partial charge in [-0.1, -0.05) is 20.8 Å². The maximum atomic E-state index is 11.9. The van der Waals surface area contributed by atoms with Gasteiger partial charge < -0.3 is 9.16 Å². The van der Waals surface area contributed by atoms with Crippen molar-refractivity contribution in [2.75, 3.05) is 6.61 Å². The lowest BCUT2D eigenvalue weighted by molar-refractivity contribution is -0.125. The number of fused-ring (bicyclic) bond motifs is 1. The van der Waals surface area contributed by atoms with Gasteiger partial charge in [-0.25, -0.2) is 0 Å². The van der Waals surface area contributed by atoms with Crippen LogP contribution in [0.25, 0.3) is 0 Å². The molecule has 1 aliphatic carbocycles. The fourth-order valence-corrected chi connectivity index (χ4v) is 3.14. The third-order valence-electron chi connectivity index (χ3n) is 4.61. The van der Waals surface area contributed by atoms with Crippen LogP contribution in [0.2, 0.25) is 18.1 Å². The second-order valence-electron chi connectivity index (χ2n) is 6.86. The van der Waals surface area contributed by atoms with Gasteiger partial charge in [0.05, 0.1) is 12.7 Å². The summed E-state index contributed by atoms with van der Waals surface area (Å²) in [6, 6.07) is 0. The van der Waals surface area contributed by atoms with Gasteiger partial charge >= 0.3 is 0 Å². The summed E-state index contributed by atoms with van der Waals surface area (Å²) in [4.78, 5) is 11.9. The summed E-state index contributed by atoms with van der Waals surface area (Å²) in [5, 5.41) is 0.186. The summed E-state index contributed by atoms with van der Waals surface area (Å²) in [5.74, 6) is 0.257. The summed E-state index contributed by atoms with van der Waals surface area (Å²) in [6.07, 6.45) is 2.81. The Hall–Kier alpha value is -0.193. The lowest BCUT2D eigenvalue weighted by atomic mass is 9.88. The average Bonchev–Trinajstić information content (AvgIpc) is 2.90. The van der Waals surface area contributed by atoms with Gasteiger partial charge in [-0.2, -0.15) is 0 Å². The van der Waals surface area contributed by atoms with Gasteiger partial charge in [0.25, 0.3) is 0 Å². The molecule has 2 aliphatic rings. The van der Waals surface area contributed by atoms with E-state index in [2.05, 4.69) is 33.9 Å². The van der Waals surface area contributed by atoms with E-state index in [1.54, 1.807) is 0 Å². The Labute approximate surface area is 105 Å². The highest BCUT2D eigenvalue weighted by atomic mass is 28.4. The highest BCUT2D eigenvalue weighted by Gasteiger charge is 2.63. The molecule has 0 unspecified atom stereocenters. The normalized spacial score (nSPS) is 33.5. The van der Waals surface area contributed by atoms with Crippen molar-refractivity contribution in [2.45, 2.75) is 69.9 Å². The molecular formula is C13H24O3Si. The third-order valence-corrected chi connectivity index (χ3v) is 9.09. The van der Waals surface area contributed by atoms with E-state index >= 15 is 0 Å². The number of carbonyl (C=O) groups is 1. The zero-order chi connectivity index (χ0) is 12.9. The van der Waals surface area contributed by atoms with Crippen molar-refractivity contribution >= 4 is 14.1 Å². The van der Waals surface area contributed by atoms with E-state index in [1.165, 1.54) is 0 Å². The first-order valence-corrected chi connectivity index (χ1v) is 9.45. The zero-order valence-corrected chi connectivity index (χ0v) is 12.6. The lowest BCUT2D eigenvalue weighted by Gasteiger charge is -2.37. The Morgan fingerprint density at radius 1 is 1.47 bits per heavy atom. The lowest BCUT2D eigenvalue weighted by Crippen LogP contribution is -2.46. The maximum Gasteiger partial charge on any atom is 0.192 e. The highest BCUT2D eigenvalue weighted by Crippen LogP contribution is 2.47. The Morgan fingerprint density at radius 3 is 2.65 bits per heavy atom. The zero-order valence-electron chi connectivity index (χ0n) is 11.6. The molecule has 17 heavy (non-hydrogen) atoms. The Balaban J connectivity index is 1.98. The molecule has 0 aromatic rings. The topological polar surface area (TPSA) is 38.8 Å². The van der Waals surface area contributed by atoms with Crippen LogP contribution in [0.4, 0.5) is 0 Å². The van der Waals surface area contributed by atoms with E-state index in [9.17, 15) is 4.79 Å². The molecule has 2 atom stereocenters. The van der Waals surface area contributed by atoms with Crippen molar-refractivity contribution in [1.82, 2.24) is 0 Å². The molecule has 1 saturated carbocycles. The summed E-state index contributed by atoms with van der Waals surface area (Å²) < 4.78 is 11.8. The van der Waals surface area contributed by atoms with Crippen molar-refractivity contribution in [1.29, 1.82) is 0 Å². The van der Waals surface area contributed by atoms with E-state index < -0.39 is 13.9 Å². The molecule has 1 heterocycles. The second-order valence-corrected chi connectivity index (χ2v) is 11.7. The predicted octanol–water partition coefficient (Wildman–Crippen LogP) is 2.90. The SMILES string of the molecule is CC(C)(C)[Si](C)(C)OC[C@]12O[C@H]1CCCC2=O. The minimum atomic E-state index is -1.77. The van der Waals surface area contributed by atoms with Crippen LogP contribution in [0, 0.1) is 0 Å². The maximum absolute atomic E-state index is 11.9. The first-order valence-electron chi connectivity index (χ1n) is 6.54. The Bertz CT molecular complexity index is 332. The molecule has 0 aromatic carbocycles. The summed E-state index contributed by atoms with van der Waals surface area (Å²) in [7, 11) is -1.77. The molecular weight excluding hydrogens is 232 g/mol. The molecule has 4 heteroatoms. The molecule has 0 aromatic heterocycles. The minimum absolute atomic E-state index is 0.147. The Morgan fingerprint density at radius 2 is 2.12 bits per heavy atom. The highest BCUT2D eigenvalue weighted by molar-refractivity contribution is 6.74. The Kier molecular flexibility index (Phi) is 3.04. The quantitative estimate of drug-likeness (QED) is 0.576. The summed E-state index contributed by atoms with van der Waals surface area (Å²) >= 11 is 0. The molecule has 0 radical (unpaired) electrons. The molecule has 0 bridgehead atoms. The number of hydrogen-bond donors (Lipinski definition) is 0. The third kappa shape index (κ3) is 2.22. The van der Waals surface area contributed by atoms with Crippen LogP contribution in [0.3, 0.4) is 0 Å². The number of Topliss-reactive ketones (excluding diaryl/α,β-unsaturated/α-hetero) is 1. The van der Waals surface area contributed by atoms with Gasteiger partial charge in [-0.05, 0) is 31.0 Å². The largest absolute Gasteiger partial charge is 0.413 e. The van der Waals surface area contributed by atoms with Gasteiger partial charge in [0, 0.05) is 6.42 Å². The molecule has 0 N–H and O–H groups in total. The van der Waals surface area contributed by atoms with Crippen molar-refractivity contribution in [3.63, 3.8) is 0 Å². The fraction of sp³-hybridized carbons (Fsp3) is 0.923. The van der Waals surface area contributed by atoms with Crippen LogP contribution in [-0.2, 0) is 14.0 Å². The van der Waals surface area contributed by atoms with Crippen LogP contribution < -0.4 is 0 Å². The summed E-state index contributed by atoms with van der Waals surface area (Å²) in [5.41, 5.74) is -0.548. The monoisotopic (exact) mass is 256 g/mol. The van der Waals surface area contributed by atoms with Crippen LogP contribution in [-0.4, -0.2) is 32.4 Å². The second kappa shape index (κ2) is 3.90. The molecule has 98 valence electrons. The summed E-state index contributed by atoms with van der Waals surface area (Å²) in [6.45, 7) is 11.6. The first-order chi connectivity index (χ1) is 7.69. The molecule has 0 spiro atoms. The number of ether oxygens (including phenoxy) is 1. The number of hydrogen-bond acceptors (Lipinski definition) is 3. The van der Waals surface area contributed by atoms with Crippen molar-refractivity contribution in [3.05, 3.63) is 0 Å². The van der Waals surface area contributed by atoms with Gasteiger partial charge in [0.2, 0.25) is 0 Å². The van der Waals surface area contributed by atoms with E-state index in [0.717, 1.165) is 12.8 Å². The van der Waals surface area contributed by atoms with Crippen LogP contribution in [0.1, 0.15) is 40.0 Å². The van der Waals surface area contributed by atoms with Crippen LogP contribution >= 0.6 is 0 Å². The van der Waals surface area contributed by atoms with Gasteiger partial charge in [-0.15, -0.1) is 0 Å². The van der Waals surface area contributed by atoms with E-state index in [0.29, 0.717) is 13.0 Å². The molecule has 1 saturated heterocycles. The van der Waals surface area contributed by atoms with Crippen molar-refractivity contribution in [3.8, 4) is 0 Å². The predicted molar refractivity (Wildman–Crippen MR) is 69.6 cm³/mol.